The summed E-state index contributed by atoms with van der Waals surface area (Å²) in [6, 6.07) is 0.0124. The number of carbonyl (C=O) groups excluding carboxylic acids is 1. The molecular weight excluding hydrogens is 190 g/mol. The van der Waals surface area contributed by atoms with E-state index in [-0.39, 0.29) is 24.0 Å². The molecule has 2 fully saturated rings. The minimum Gasteiger partial charge on any atom is -0.391 e. The van der Waals surface area contributed by atoms with E-state index in [1.165, 1.54) is 12.8 Å². The molecule has 2 saturated carbocycles. The molecule has 0 saturated heterocycles. The molecule has 0 aromatic heterocycles. The van der Waals surface area contributed by atoms with E-state index < -0.39 is 0 Å². The summed E-state index contributed by atoms with van der Waals surface area (Å²) in [5.74, 6) is 0.419. The SMILES string of the molecule is O=C(N[C@H]1CCCCCC[C@@H]1O)C1CC1. The first-order chi connectivity index (χ1) is 7.27. The monoisotopic (exact) mass is 211 g/mol. The molecule has 86 valence electrons. The van der Waals surface area contributed by atoms with E-state index in [0.717, 1.165) is 38.5 Å². The zero-order valence-corrected chi connectivity index (χ0v) is 9.24. The Morgan fingerprint density at radius 3 is 2.33 bits per heavy atom. The molecule has 2 aliphatic rings. The smallest absolute Gasteiger partial charge is 0.223 e. The summed E-state index contributed by atoms with van der Waals surface area (Å²) in [5, 5.41) is 12.9. The second-order valence-corrected chi connectivity index (χ2v) is 4.95. The molecule has 0 spiro atoms. The van der Waals surface area contributed by atoms with Crippen LogP contribution in [0.3, 0.4) is 0 Å². The summed E-state index contributed by atoms with van der Waals surface area (Å²) >= 11 is 0. The fourth-order valence-corrected chi connectivity index (χ4v) is 2.28. The first-order valence-electron chi connectivity index (χ1n) is 6.26. The van der Waals surface area contributed by atoms with Gasteiger partial charge >= 0.3 is 0 Å². The van der Waals surface area contributed by atoms with Gasteiger partial charge in [0.2, 0.25) is 5.91 Å². The molecule has 0 radical (unpaired) electrons. The van der Waals surface area contributed by atoms with Gasteiger partial charge in [0, 0.05) is 5.92 Å². The largest absolute Gasteiger partial charge is 0.391 e. The van der Waals surface area contributed by atoms with Crippen LogP contribution >= 0.6 is 0 Å². The molecule has 0 unspecified atom stereocenters. The molecule has 0 bridgehead atoms. The van der Waals surface area contributed by atoms with Crippen molar-refractivity contribution in [3.05, 3.63) is 0 Å². The molecule has 0 aliphatic heterocycles. The molecule has 2 aliphatic carbocycles. The lowest BCUT2D eigenvalue weighted by molar-refractivity contribution is -0.124. The third-order valence-electron chi connectivity index (χ3n) is 3.51. The summed E-state index contributed by atoms with van der Waals surface area (Å²) in [6.07, 6.45) is 8.22. The summed E-state index contributed by atoms with van der Waals surface area (Å²) in [6.45, 7) is 0. The number of hydrogen-bond donors (Lipinski definition) is 2. The van der Waals surface area contributed by atoms with Crippen LogP contribution < -0.4 is 5.32 Å². The van der Waals surface area contributed by atoms with Crippen LogP contribution in [0.2, 0.25) is 0 Å². The molecule has 1 amide bonds. The molecule has 3 nitrogen and oxygen atoms in total. The molecule has 0 aromatic carbocycles. The third kappa shape index (κ3) is 3.20. The number of carbonyl (C=O) groups is 1. The van der Waals surface area contributed by atoms with Crippen LogP contribution in [0.4, 0.5) is 0 Å². The van der Waals surface area contributed by atoms with Gasteiger partial charge in [0.05, 0.1) is 12.1 Å². The van der Waals surface area contributed by atoms with Crippen molar-refractivity contribution in [1.82, 2.24) is 5.32 Å². The second-order valence-electron chi connectivity index (χ2n) is 4.95. The van der Waals surface area contributed by atoms with E-state index in [2.05, 4.69) is 5.32 Å². The van der Waals surface area contributed by atoms with Crippen LogP contribution in [-0.4, -0.2) is 23.2 Å². The fraction of sp³-hybridized carbons (Fsp3) is 0.917. The standard InChI is InChI=1S/C12H21NO2/c14-11-6-4-2-1-3-5-10(11)13-12(15)9-7-8-9/h9-11,14H,1-8H2,(H,13,15)/t10-,11-/m0/s1. The average molecular weight is 211 g/mol. The second kappa shape index (κ2) is 4.97. The number of hydrogen-bond acceptors (Lipinski definition) is 2. The van der Waals surface area contributed by atoms with Crippen LogP contribution in [0.1, 0.15) is 51.4 Å². The van der Waals surface area contributed by atoms with Crippen molar-refractivity contribution in [2.75, 3.05) is 0 Å². The molecule has 0 aromatic rings. The van der Waals surface area contributed by atoms with Crippen molar-refractivity contribution in [3.8, 4) is 0 Å². The lowest BCUT2D eigenvalue weighted by Gasteiger charge is -2.26. The van der Waals surface area contributed by atoms with Crippen molar-refractivity contribution in [1.29, 1.82) is 0 Å². The molecule has 2 atom stereocenters. The Labute approximate surface area is 91.2 Å². The number of aliphatic hydroxyl groups is 1. The normalized spacial score (nSPS) is 32.9. The number of amides is 1. The van der Waals surface area contributed by atoms with Crippen molar-refractivity contribution < 1.29 is 9.90 Å². The summed E-state index contributed by atoms with van der Waals surface area (Å²) in [4.78, 5) is 11.6. The van der Waals surface area contributed by atoms with Crippen molar-refractivity contribution >= 4 is 5.91 Å². The topological polar surface area (TPSA) is 49.3 Å². The van der Waals surface area contributed by atoms with Gasteiger partial charge in [-0.3, -0.25) is 4.79 Å². The maximum Gasteiger partial charge on any atom is 0.223 e. The Morgan fingerprint density at radius 1 is 1.00 bits per heavy atom. The number of rotatable bonds is 2. The Balaban J connectivity index is 1.82. The van der Waals surface area contributed by atoms with E-state index in [0.29, 0.717) is 0 Å². The predicted molar refractivity (Wildman–Crippen MR) is 58.4 cm³/mol. The van der Waals surface area contributed by atoms with Gasteiger partial charge in [0.1, 0.15) is 0 Å². The van der Waals surface area contributed by atoms with Crippen LogP contribution in [0.25, 0.3) is 0 Å². The van der Waals surface area contributed by atoms with Crippen LogP contribution in [-0.2, 0) is 4.79 Å². The molecular formula is C12H21NO2. The lowest BCUT2D eigenvalue weighted by Crippen LogP contribution is -2.44. The van der Waals surface area contributed by atoms with E-state index in [9.17, 15) is 9.90 Å². The van der Waals surface area contributed by atoms with Gasteiger partial charge in [-0.1, -0.05) is 25.7 Å². The Kier molecular flexibility index (Phi) is 3.62. The van der Waals surface area contributed by atoms with Crippen molar-refractivity contribution in [3.63, 3.8) is 0 Å². The van der Waals surface area contributed by atoms with Gasteiger partial charge in [-0.25, -0.2) is 0 Å². The van der Waals surface area contributed by atoms with Gasteiger partial charge in [-0.15, -0.1) is 0 Å². The van der Waals surface area contributed by atoms with Crippen LogP contribution in [0.15, 0.2) is 0 Å². The number of nitrogens with one attached hydrogen (secondary N) is 1. The first-order valence-corrected chi connectivity index (χ1v) is 6.26. The minimum atomic E-state index is -0.326. The first kappa shape index (κ1) is 10.9. The highest BCUT2D eigenvalue weighted by molar-refractivity contribution is 5.81. The van der Waals surface area contributed by atoms with Gasteiger partial charge < -0.3 is 10.4 Å². The zero-order chi connectivity index (χ0) is 10.7. The Hall–Kier alpha value is -0.570. The van der Waals surface area contributed by atoms with E-state index in [4.69, 9.17) is 0 Å². The molecule has 0 heterocycles. The summed E-state index contributed by atoms with van der Waals surface area (Å²) in [7, 11) is 0. The number of aliphatic hydroxyl groups excluding tert-OH is 1. The van der Waals surface area contributed by atoms with E-state index in [1.54, 1.807) is 0 Å². The fourth-order valence-electron chi connectivity index (χ4n) is 2.28. The van der Waals surface area contributed by atoms with Crippen LogP contribution in [0.5, 0.6) is 0 Å². The molecule has 15 heavy (non-hydrogen) atoms. The van der Waals surface area contributed by atoms with Crippen molar-refractivity contribution in [2.45, 2.75) is 63.5 Å². The quantitative estimate of drug-likeness (QED) is 0.729. The highest BCUT2D eigenvalue weighted by Crippen LogP contribution is 2.29. The van der Waals surface area contributed by atoms with Gasteiger partial charge in [0.15, 0.2) is 0 Å². The van der Waals surface area contributed by atoms with Crippen molar-refractivity contribution in [2.24, 2.45) is 5.92 Å². The minimum absolute atomic E-state index is 0.0124. The Bertz CT molecular complexity index is 226. The maximum absolute atomic E-state index is 11.6. The maximum atomic E-state index is 11.6. The van der Waals surface area contributed by atoms with E-state index >= 15 is 0 Å². The van der Waals surface area contributed by atoms with Gasteiger partial charge in [-0.2, -0.15) is 0 Å². The molecule has 2 rings (SSSR count). The highest BCUT2D eigenvalue weighted by atomic mass is 16.3. The van der Waals surface area contributed by atoms with Gasteiger partial charge in [-0.05, 0) is 25.7 Å². The van der Waals surface area contributed by atoms with E-state index in [1.807, 2.05) is 0 Å². The lowest BCUT2D eigenvalue weighted by atomic mass is 9.94. The Morgan fingerprint density at radius 2 is 1.67 bits per heavy atom. The molecule has 2 N–H and O–H groups in total. The summed E-state index contributed by atoms with van der Waals surface area (Å²) < 4.78 is 0. The predicted octanol–water partition coefficient (Wildman–Crippen LogP) is 1.60. The zero-order valence-electron chi connectivity index (χ0n) is 9.24. The average Bonchev–Trinajstić information content (AvgIpc) is 3.01. The van der Waals surface area contributed by atoms with Gasteiger partial charge in [0.25, 0.3) is 0 Å². The summed E-state index contributed by atoms with van der Waals surface area (Å²) in [5.41, 5.74) is 0. The highest BCUT2D eigenvalue weighted by Gasteiger charge is 2.32. The third-order valence-corrected chi connectivity index (χ3v) is 3.51. The van der Waals surface area contributed by atoms with Crippen LogP contribution in [0, 0.1) is 5.92 Å². The molecule has 3 heteroatoms.